The normalized spacial score (nSPS) is 11.1. The Labute approximate surface area is 93.5 Å². The first-order valence-electron chi connectivity index (χ1n) is 4.82. The molecular weight excluding hydrogens is 212 g/mol. The van der Waals surface area contributed by atoms with Crippen molar-refractivity contribution in [2.75, 3.05) is 0 Å². The quantitative estimate of drug-likeness (QED) is 0.659. The molecule has 0 bridgehead atoms. The van der Waals surface area contributed by atoms with Crippen LogP contribution >= 0.6 is 22.9 Å². The molecule has 74 valence electrons. The fraction of sp³-hybridized carbons (Fsp3) is 0.333. The summed E-state index contributed by atoms with van der Waals surface area (Å²) in [6.45, 7) is 4.38. The monoisotopic (exact) mass is 224 g/mol. The van der Waals surface area contributed by atoms with Crippen LogP contribution in [0.4, 0.5) is 0 Å². The van der Waals surface area contributed by atoms with Crippen LogP contribution in [-0.2, 0) is 12.3 Å². The topological polar surface area (TPSA) is 0 Å². The number of alkyl halides is 1. The molecule has 0 saturated carbocycles. The van der Waals surface area contributed by atoms with Gasteiger partial charge < -0.3 is 0 Å². The van der Waals surface area contributed by atoms with Crippen LogP contribution in [0.2, 0.25) is 0 Å². The number of thiophene rings is 1. The van der Waals surface area contributed by atoms with Crippen molar-refractivity contribution < 1.29 is 0 Å². The minimum absolute atomic E-state index is 0.616. The van der Waals surface area contributed by atoms with Gasteiger partial charge in [0.15, 0.2) is 0 Å². The number of hydrogen-bond acceptors (Lipinski definition) is 1. The van der Waals surface area contributed by atoms with Crippen molar-refractivity contribution >= 4 is 33.0 Å². The number of hydrogen-bond donors (Lipinski definition) is 0. The lowest BCUT2D eigenvalue weighted by molar-refractivity contribution is 1.11. The second kappa shape index (κ2) is 3.92. The van der Waals surface area contributed by atoms with Gasteiger partial charge in [-0.3, -0.25) is 0 Å². The number of rotatable bonds is 2. The smallest absolute Gasteiger partial charge is 0.0477 e. The molecular formula is C12H13ClS. The summed E-state index contributed by atoms with van der Waals surface area (Å²) in [6, 6.07) is 4.39. The number of halogens is 1. The molecule has 2 rings (SSSR count). The van der Waals surface area contributed by atoms with Crippen molar-refractivity contribution in [2.24, 2.45) is 0 Å². The van der Waals surface area contributed by atoms with E-state index in [1.54, 1.807) is 0 Å². The van der Waals surface area contributed by atoms with Gasteiger partial charge in [0.25, 0.3) is 0 Å². The van der Waals surface area contributed by atoms with Crippen LogP contribution in [0.15, 0.2) is 17.5 Å². The second-order valence-corrected chi connectivity index (χ2v) is 4.65. The lowest BCUT2D eigenvalue weighted by atomic mass is 9.99. The maximum Gasteiger partial charge on any atom is 0.0477 e. The van der Waals surface area contributed by atoms with Crippen LogP contribution < -0.4 is 0 Å². The molecule has 0 atom stereocenters. The summed E-state index contributed by atoms with van der Waals surface area (Å²) < 4.78 is 1.43. The zero-order chi connectivity index (χ0) is 10.1. The molecule has 1 heterocycles. The predicted octanol–water partition coefficient (Wildman–Crippen LogP) is 4.51. The molecule has 2 aromatic rings. The third-order valence-corrected chi connectivity index (χ3v) is 4.01. The summed E-state index contributed by atoms with van der Waals surface area (Å²) in [5.74, 6) is 0.616. The summed E-state index contributed by atoms with van der Waals surface area (Å²) >= 11 is 7.76. The Kier molecular flexibility index (Phi) is 2.80. The van der Waals surface area contributed by atoms with Crippen LogP contribution in [0.3, 0.4) is 0 Å². The summed E-state index contributed by atoms with van der Waals surface area (Å²) in [4.78, 5) is 0. The Bertz CT molecular complexity index is 457. The summed E-state index contributed by atoms with van der Waals surface area (Å²) in [7, 11) is 0. The molecule has 1 aromatic carbocycles. The molecule has 0 aliphatic rings. The molecule has 0 aliphatic heterocycles. The van der Waals surface area contributed by atoms with Gasteiger partial charge in [-0.2, -0.15) is 0 Å². The van der Waals surface area contributed by atoms with E-state index in [-0.39, 0.29) is 0 Å². The number of fused-ring (bicyclic) bond motifs is 1. The van der Waals surface area contributed by atoms with Gasteiger partial charge in [0.2, 0.25) is 0 Å². The van der Waals surface area contributed by atoms with E-state index in [1.807, 2.05) is 11.3 Å². The first kappa shape index (κ1) is 10.0. The molecule has 0 nitrogen and oxygen atoms in total. The lowest BCUT2D eigenvalue weighted by Gasteiger charge is -2.09. The minimum atomic E-state index is 0.616. The fourth-order valence-electron chi connectivity index (χ4n) is 1.90. The van der Waals surface area contributed by atoms with Crippen molar-refractivity contribution in [1.29, 1.82) is 0 Å². The highest BCUT2D eigenvalue weighted by atomic mass is 35.5. The van der Waals surface area contributed by atoms with E-state index in [0.29, 0.717) is 5.88 Å². The highest BCUT2D eigenvalue weighted by Gasteiger charge is 2.08. The van der Waals surface area contributed by atoms with Crippen molar-refractivity contribution in [3.8, 4) is 0 Å². The van der Waals surface area contributed by atoms with E-state index < -0.39 is 0 Å². The van der Waals surface area contributed by atoms with Crippen LogP contribution in [0.5, 0.6) is 0 Å². The molecule has 14 heavy (non-hydrogen) atoms. The van der Waals surface area contributed by atoms with E-state index in [4.69, 9.17) is 11.6 Å². The second-order valence-electron chi connectivity index (χ2n) is 3.47. The average Bonchev–Trinajstić information content (AvgIpc) is 2.64. The SMILES string of the molecule is CCc1c(C)c(CCl)cc2ccsc12. The first-order chi connectivity index (χ1) is 6.77. The molecule has 0 saturated heterocycles. The molecule has 1 aromatic heterocycles. The Morgan fingerprint density at radius 3 is 2.86 bits per heavy atom. The third-order valence-electron chi connectivity index (χ3n) is 2.73. The average molecular weight is 225 g/mol. The van der Waals surface area contributed by atoms with Crippen LogP contribution in [0.25, 0.3) is 10.1 Å². The minimum Gasteiger partial charge on any atom is -0.144 e. The van der Waals surface area contributed by atoms with Gasteiger partial charge in [-0.05, 0) is 52.9 Å². The molecule has 2 heteroatoms. The molecule has 0 fully saturated rings. The Hall–Kier alpha value is -0.530. The van der Waals surface area contributed by atoms with Crippen LogP contribution in [0.1, 0.15) is 23.6 Å². The van der Waals surface area contributed by atoms with Gasteiger partial charge in [0.1, 0.15) is 0 Å². The molecule has 0 radical (unpaired) electrons. The van der Waals surface area contributed by atoms with Crippen molar-refractivity contribution in [3.05, 3.63) is 34.2 Å². The Morgan fingerprint density at radius 1 is 1.43 bits per heavy atom. The van der Waals surface area contributed by atoms with Gasteiger partial charge in [0.05, 0.1) is 0 Å². The van der Waals surface area contributed by atoms with E-state index in [0.717, 1.165) is 6.42 Å². The number of aryl methyl sites for hydroxylation is 1. The van der Waals surface area contributed by atoms with Gasteiger partial charge in [-0.25, -0.2) is 0 Å². The van der Waals surface area contributed by atoms with Crippen molar-refractivity contribution in [2.45, 2.75) is 26.1 Å². The van der Waals surface area contributed by atoms with Crippen LogP contribution in [0, 0.1) is 6.92 Å². The zero-order valence-electron chi connectivity index (χ0n) is 8.43. The Morgan fingerprint density at radius 2 is 2.21 bits per heavy atom. The number of benzene rings is 1. The highest BCUT2D eigenvalue weighted by Crippen LogP contribution is 2.30. The van der Waals surface area contributed by atoms with Gasteiger partial charge in [-0.15, -0.1) is 22.9 Å². The largest absolute Gasteiger partial charge is 0.144 e. The first-order valence-corrected chi connectivity index (χ1v) is 6.23. The zero-order valence-corrected chi connectivity index (χ0v) is 10.0. The fourth-order valence-corrected chi connectivity index (χ4v) is 3.23. The van der Waals surface area contributed by atoms with Crippen molar-refractivity contribution in [3.63, 3.8) is 0 Å². The third kappa shape index (κ3) is 1.45. The molecule has 0 aliphatic carbocycles. The van der Waals surface area contributed by atoms with Crippen LogP contribution in [-0.4, -0.2) is 0 Å². The highest BCUT2D eigenvalue weighted by molar-refractivity contribution is 7.17. The summed E-state index contributed by atoms with van der Waals surface area (Å²) in [5, 5.41) is 3.49. The predicted molar refractivity (Wildman–Crippen MR) is 65.5 cm³/mol. The van der Waals surface area contributed by atoms with E-state index in [1.165, 1.54) is 26.8 Å². The van der Waals surface area contributed by atoms with Gasteiger partial charge in [0, 0.05) is 10.6 Å². The summed E-state index contributed by atoms with van der Waals surface area (Å²) in [6.07, 6.45) is 1.09. The lowest BCUT2D eigenvalue weighted by Crippen LogP contribution is -1.92. The van der Waals surface area contributed by atoms with E-state index >= 15 is 0 Å². The molecule has 0 unspecified atom stereocenters. The maximum absolute atomic E-state index is 5.93. The standard InChI is InChI=1S/C12H13ClS/c1-3-11-8(2)10(7-13)6-9-4-5-14-12(9)11/h4-6H,3,7H2,1-2H3. The van der Waals surface area contributed by atoms with Gasteiger partial charge in [-0.1, -0.05) is 6.92 Å². The van der Waals surface area contributed by atoms with Gasteiger partial charge >= 0.3 is 0 Å². The van der Waals surface area contributed by atoms with E-state index in [9.17, 15) is 0 Å². The van der Waals surface area contributed by atoms with E-state index in [2.05, 4.69) is 31.4 Å². The molecule has 0 amide bonds. The maximum atomic E-state index is 5.93. The molecule has 0 N–H and O–H groups in total. The summed E-state index contributed by atoms with van der Waals surface area (Å²) in [5.41, 5.74) is 4.11. The molecule has 0 spiro atoms. The Balaban J connectivity index is 2.80. The van der Waals surface area contributed by atoms with Crippen molar-refractivity contribution in [1.82, 2.24) is 0 Å².